The first-order valence-electron chi connectivity index (χ1n) is 10.3. The number of benzene rings is 3. The molecule has 1 aliphatic heterocycles. The van der Waals surface area contributed by atoms with E-state index in [2.05, 4.69) is 5.32 Å². The zero-order valence-corrected chi connectivity index (χ0v) is 18.8. The SMILES string of the molecule is COc1ccc(NC2=C(c3ccccc3OC)C(=O)N(c3cccc(C)c3)C2=O)c(OC)c1. The fourth-order valence-corrected chi connectivity index (χ4v) is 3.78. The number of hydrogen-bond donors (Lipinski definition) is 1. The normalized spacial score (nSPS) is 13.4. The summed E-state index contributed by atoms with van der Waals surface area (Å²) in [6, 6.07) is 19.5. The molecule has 0 aliphatic carbocycles. The molecule has 3 aromatic rings. The maximum Gasteiger partial charge on any atom is 0.282 e. The van der Waals surface area contributed by atoms with Crippen molar-refractivity contribution in [2.45, 2.75) is 6.92 Å². The second-order valence-electron chi connectivity index (χ2n) is 7.43. The number of imide groups is 1. The molecule has 0 unspecified atom stereocenters. The molecule has 0 aromatic heterocycles. The van der Waals surface area contributed by atoms with E-state index in [0.29, 0.717) is 34.2 Å². The topological polar surface area (TPSA) is 77.1 Å². The van der Waals surface area contributed by atoms with Gasteiger partial charge in [0.05, 0.1) is 38.3 Å². The number of carbonyl (C=O) groups is 2. The minimum Gasteiger partial charge on any atom is -0.497 e. The van der Waals surface area contributed by atoms with Crippen molar-refractivity contribution in [3.63, 3.8) is 0 Å². The van der Waals surface area contributed by atoms with E-state index in [1.54, 1.807) is 55.6 Å². The van der Waals surface area contributed by atoms with Gasteiger partial charge in [-0.25, -0.2) is 4.90 Å². The monoisotopic (exact) mass is 444 g/mol. The summed E-state index contributed by atoms with van der Waals surface area (Å²) >= 11 is 0. The van der Waals surface area contributed by atoms with E-state index in [4.69, 9.17) is 14.2 Å². The van der Waals surface area contributed by atoms with Crippen molar-refractivity contribution in [1.82, 2.24) is 0 Å². The van der Waals surface area contributed by atoms with Crippen LogP contribution in [0.5, 0.6) is 17.2 Å². The van der Waals surface area contributed by atoms with Gasteiger partial charge in [-0.3, -0.25) is 9.59 Å². The maximum absolute atomic E-state index is 13.7. The molecule has 2 amide bonds. The molecule has 33 heavy (non-hydrogen) atoms. The van der Waals surface area contributed by atoms with E-state index in [1.165, 1.54) is 19.1 Å². The number of hydrogen-bond acceptors (Lipinski definition) is 6. The summed E-state index contributed by atoms with van der Waals surface area (Å²) in [5.74, 6) is 0.650. The van der Waals surface area contributed by atoms with Crippen molar-refractivity contribution >= 4 is 28.8 Å². The average Bonchev–Trinajstić information content (AvgIpc) is 3.08. The average molecular weight is 444 g/mol. The molecule has 0 saturated carbocycles. The van der Waals surface area contributed by atoms with Crippen LogP contribution in [0, 0.1) is 6.92 Å². The van der Waals surface area contributed by atoms with Crippen LogP contribution >= 0.6 is 0 Å². The number of carbonyl (C=O) groups excluding carboxylic acids is 2. The maximum atomic E-state index is 13.7. The van der Waals surface area contributed by atoms with Gasteiger partial charge in [0, 0.05) is 11.6 Å². The number of anilines is 2. The van der Waals surface area contributed by atoms with Crippen LogP contribution in [0.25, 0.3) is 5.57 Å². The lowest BCUT2D eigenvalue weighted by molar-refractivity contribution is -0.120. The van der Waals surface area contributed by atoms with Gasteiger partial charge < -0.3 is 19.5 Å². The summed E-state index contributed by atoms with van der Waals surface area (Å²) in [5.41, 5.74) is 2.82. The van der Waals surface area contributed by atoms with Gasteiger partial charge in [0.2, 0.25) is 0 Å². The zero-order valence-electron chi connectivity index (χ0n) is 18.8. The Kier molecular flexibility index (Phi) is 6.04. The molecule has 3 aromatic carbocycles. The van der Waals surface area contributed by atoms with Gasteiger partial charge >= 0.3 is 0 Å². The van der Waals surface area contributed by atoms with Crippen LogP contribution in [0.4, 0.5) is 11.4 Å². The summed E-state index contributed by atoms with van der Waals surface area (Å²) in [6.07, 6.45) is 0. The molecule has 4 rings (SSSR count). The molecule has 168 valence electrons. The molecule has 0 spiro atoms. The van der Waals surface area contributed by atoms with Crippen LogP contribution in [0.1, 0.15) is 11.1 Å². The van der Waals surface area contributed by atoms with Crippen molar-refractivity contribution in [2.24, 2.45) is 0 Å². The fraction of sp³-hybridized carbons (Fsp3) is 0.154. The molecule has 7 heteroatoms. The van der Waals surface area contributed by atoms with Gasteiger partial charge in [-0.15, -0.1) is 0 Å². The third-order valence-corrected chi connectivity index (χ3v) is 5.39. The largest absolute Gasteiger partial charge is 0.497 e. The highest BCUT2D eigenvalue weighted by atomic mass is 16.5. The number of nitrogens with zero attached hydrogens (tertiary/aromatic N) is 1. The predicted molar refractivity (Wildman–Crippen MR) is 127 cm³/mol. The van der Waals surface area contributed by atoms with E-state index in [0.717, 1.165) is 5.56 Å². The number of amides is 2. The summed E-state index contributed by atoms with van der Waals surface area (Å²) in [5, 5.41) is 3.14. The molecule has 1 aliphatic rings. The lowest BCUT2D eigenvalue weighted by Gasteiger charge is -2.16. The van der Waals surface area contributed by atoms with Crippen LogP contribution in [-0.2, 0) is 9.59 Å². The van der Waals surface area contributed by atoms with Crippen molar-refractivity contribution in [2.75, 3.05) is 31.5 Å². The van der Waals surface area contributed by atoms with Crippen molar-refractivity contribution in [3.05, 3.63) is 83.6 Å². The standard InChI is InChI=1S/C26H24N2O5/c1-16-8-7-9-17(14-16)28-25(29)23(19-10-5-6-11-21(19)32-3)24(26(28)30)27-20-13-12-18(31-2)15-22(20)33-4/h5-15,27H,1-4H3. The van der Waals surface area contributed by atoms with Crippen LogP contribution in [0.3, 0.4) is 0 Å². The number of methoxy groups -OCH3 is 3. The third-order valence-electron chi connectivity index (χ3n) is 5.39. The van der Waals surface area contributed by atoms with Gasteiger partial charge in [-0.1, -0.05) is 30.3 Å². The van der Waals surface area contributed by atoms with Crippen LogP contribution in [0.15, 0.2) is 72.4 Å². The van der Waals surface area contributed by atoms with E-state index < -0.39 is 11.8 Å². The van der Waals surface area contributed by atoms with Crippen LogP contribution < -0.4 is 24.4 Å². The first kappa shape index (κ1) is 22.0. The molecule has 7 nitrogen and oxygen atoms in total. The first-order chi connectivity index (χ1) is 16.0. The molecule has 0 bridgehead atoms. The second kappa shape index (κ2) is 9.08. The van der Waals surface area contributed by atoms with Crippen LogP contribution in [-0.4, -0.2) is 33.1 Å². The number of para-hydroxylation sites is 1. The molecule has 0 saturated heterocycles. The summed E-state index contributed by atoms with van der Waals surface area (Å²) in [4.78, 5) is 28.4. The minimum atomic E-state index is -0.468. The Morgan fingerprint density at radius 3 is 2.21 bits per heavy atom. The Morgan fingerprint density at radius 2 is 1.52 bits per heavy atom. The number of aryl methyl sites for hydroxylation is 1. The molecule has 0 atom stereocenters. The highest BCUT2D eigenvalue weighted by Crippen LogP contribution is 2.39. The van der Waals surface area contributed by atoms with Gasteiger partial charge in [0.25, 0.3) is 11.8 Å². The fourth-order valence-electron chi connectivity index (χ4n) is 3.78. The Hall–Kier alpha value is -4.26. The molecule has 1 N–H and O–H groups in total. The zero-order chi connectivity index (χ0) is 23.5. The number of nitrogens with one attached hydrogen (secondary N) is 1. The van der Waals surface area contributed by atoms with Crippen molar-refractivity contribution in [3.8, 4) is 17.2 Å². The van der Waals surface area contributed by atoms with Gasteiger partial charge in [-0.05, 0) is 42.8 Å². The Morgan fingerprint density at radius 1 is 0.758 bits per heavy atom. The van der Waals surface area contributed by atoms with Gasteiger partial charge in [-0.2, -0.15) is 0 Å². The Labute approximate surface area is 192 Å². The van der Waals surface area contributed by atoms with Gasteiger partial charge in [0.15, 0.2) is 0 Å². The minimum absolute atomic E-state index is 0.134. The number of rotatable bonds is 7. The highest BCUT2D eigenvalue weighted by Gasteiger charge is 2.41. The Balaban J connectivity index is 1.88. The molecular weight excluding hydrogens is 420 g/mol. The van der Waals surface area contributed by atoms with E-state index in [9.17, 15) is 9.59 Å². The predicted octanol–water partition coefficient (Wildman–Crippen LogP) is 4.42. The van der Waals surface area contributed by atoms with E-state index in [-0.39, 0.29) is 11.3 Å². The molecule has 1 heterocycles. The van der Waals surface area contributed by atoms with Crippen molar-refractivity contribution in [1.29, 1.82) is 0 Å². The van der Waals surface area contributed by atoms with E-state index >= 15 is 0 Å². The van der Waals surface area contributed by atoms with E-state index in [1.807, 2.05) is 25.1 Å². The first-order valence-corrected chi connectivity index (χ1v) is 10.3. The third kappa shape index (κ3) is 4.01. The second-order valence-corrected chi connectivity index (χ2v) is 7.43. The Bertz CT molecular complexity index is 1270. The summed E-state index contributed by atoms with van der Waals surface area (Å²) in [7, 11) is 4.61. The van der Waals surface area contributed by atoms with Gasteiger partial charge in [0.1, 0.15) is 22.9 Å². The lowest BCUT2D eigenvalue weighted by Crippen LogP contribution is -2.32. The molecule has 0 fully saturated rings. The smallest absolute Gasteiger partial charge is 0.282 e. The molecule has 0 radical (unpaired) electrons. The lowest BCUT2D eigenvalue weighted by atomic mass is 10.0. The summed E-state index contributed by atoms with van der Waals surface area (Å²) in [6.45, 7) is 1.91. The highest BCUT2D eigenvalue weighted by molar-refractivity contribution is 6.46. The quantitative estimate of drug-likeness (QED) is 0.544. The van der Waals surface area contributed by atoms with Crippen molar-refractivity contribution < 1.29 is 23.8 Å². The molecular formula is C26H24N2O5. The summed E-state index contributed by atoms with van der Waals surface area (Å²) < 4.78 is 16.2. The number of ether oxygens (including phenoxy) is 3. The van der Waals surface area contributed by atoms with Crippen LogP contribution in [0.2, 0.25) is 0 Å².